The second-order valence-electron chi connectivity index (χ2n) is 8.09. The molecule has 3 heterocycles. The van der Waals surface area contributed by atoms with Crippen LogP contribution in [0.3, 0.4) is 0 Å². The summed E-state index contributed by atoms with van der Waals surface area (Å²) in [6.45, 7) is 5.03. The van der Waals surface area contributed by atoms with Crippen molar-refractivity contribution >= 4 is 49.9 Å². The number of aromatic nitrogens is 1. The second-order valence-corrected chi connectivity index (χ2v) is 9.00. The lowest BCUT2D eigenvalue weighted by atomic mass is 9.99. The molecule has 5 rings (SSSR count). The van der Waals surface area contributed by atoms with Gasteiger partial charge in [0.15, 0.2) is 5.88 Å². The number of benzene rings is 2. The number of aliphatic imine (C=N–C) groups is 1. The van der Waals surface area contributed by atoms with Crippen LogP contribution in [0.1, 0.15) is 21.5 Å². The van der Waals surface area contributed by atoms with E-state index in [-0.39, 0.29) is 5.88 Å². The number of nitrogens with one attached hydrogen (secondary N) is 2. The zero-order valence-electron chi connectivity index (χ0n) is 18.6. The standard InChI is InChI=1S/C24H24BrN5O4/c1-33-24(32)14-2-5-18-17(12-14)21(29-34-11-10-30-8-6-26-7-9-30)22(27-18)20-16-4-3-15(25)13-19(16)28-23(20)31/h2-5,12-13,26,28,31H,6-11H2,1H3/b29-21+. The lowest BCUT2D eigenvalue weighted by Gasteiger charge is -2.26. The van der Waals surface area contributed by atoms with Crippen LogP contribution in [0.25, 0.3) is 10.9 Å². The third kappa shape index (κ3) is 4.31. The number of aromatic hydroxyl groups is 1. The number of ether oxygens (including phenoxy) is 1. The predicted octanol–water partition coefficient (Wildman–Crippen LogP) is 3.18. The third-order valence-corrected chi connectivity index (χ3v) is 6.46. The van der Waals surface area contributed by atoms with Crippen LogP contribution >= 0.6 is 15.9 Å². The van der Waals surface area contributed by atoms with E-state index >= 15 is 0 Å². The summed E-state index contributed by atoms with van der Waals surface area (Å²) < 4.78 is 5.76. The number of fused-ring (bicyclic) bond motifs is 2. The van der Waals surface area contributed by atoms with E-state index in [0.29, 0.717) is 40.4 Å². The third-order valence-electron chi connectivity index (χ3n) is 5.97. The van der Waals surface area contributed by atoms with Crippen molar-refractivity contribution < 1.29 is 19.5 Å². The lowest BCUT2D eigenvalue weighted by Crippen LogP contribution is -2.44. The highest BCUT2D eigenvalue weighted by Crippen LogP contribution is 2.37. The van der Waals surface area contributed by atoms with E-state index < -0.39 is 5.97 Å². The Hall–Kier alpha value is -3.21. The van der Waals surface area contributed by atoms with E-state index in [2.05, 4.69) is 36.3 Å². The van der Waals surface area contributed by atoms with Gasteiger partial charge in [-0.3, -0.25) is 4.90 Å². The number of halogens is 1. The largest absolute Gasteiger partial charge is 0.494 e. The molecule has 0 amide bonds. The molecule has 9 nitrogen and oxygen atoms in total. The number of carbonyl (C=O) groups excluding carboxylic acids is 1. The molecule has 176 valence electrons. The van der Waals surface area contributed by atoms with Gasteiger partial charge in [0.05, 0.1) is 29.4 Å². The normalized spacial score (nSPS) is 17.1. The number of carbonyl (C=O) groups is 1. The van der Waals surface area contributed by atoms with Crippen LogP contribution in [-0.4, -0.2) is 78.8 Å². The first-order chi connectivity index (χ1) is 16.5. The fourth-order valence-electron chi connectivity index (χ4n) is 4.25. The van der Waals surface area contributed by atoms with Gasteiger partial charge in [0, 0.05) is 48.1 Å². The number of aromatic amines is 1. The molecule has 2 aliphatic rings. The zero-order valence-corrected chi connectivity index (χ0v) is 20.2. The summed E-state index contributed by atoms with van der Waals surface area (Å²) >= 11 is 3.46. The maximum Gasteiger partial charge on any atom is 0.337 e. The molecular weight excluding hydrogens is 502 g/mol. The predicted molar refractivity (Wildman–Crippen MR) is 133 cm³/mol. The molecule has 10 heteroatoms. The molecule has 0 atom stereocenters. The van der Waals surface area contributed by atoms with E-state index in [1.165, 1.54) is 7.11 Å². The van der Waals surface area contributed by atoms with Gasteiger partial charge in [-0.05, 0) is 30.3 Å². The Bertz CT molecular complexity index is 1310. The molecule has 2 aliphatic heterocycles. The topological polar surface area (TPSA) is 112 Å². The van der Waals surface area contributed by atoms with Crippen molar-refractivity contribution in [1.82, 2.24) is 15.2 Å². The minimum atomic E-state index is -0.449. The number of piperazine rings is 1. The van der Waals surface area contributed by atoms with Crippen LogP contribution in [0, 0.1) is 0 Å². The van der Waals surface area contributed by atoms with Gasteiger partial charge in [-0.25, -0.2) is 9.79 Å². The van der Waals surface area contributed by atoms with Crippen molar-refractivity contribution in [3.8, 4) is 5.88 Å². The summed E-state index contributed by atoms with van der Waals surface area (Å²) in [4.78, 5) is 27.9. The van der Waals surface area contributed by atoms with Crippen LogP contribution in [-0.2, 0) is 9.57 Å². The second kappa shape index (κ2) is 9.57. The van der Waals surface area contributed by atoms with Crippen LogP contribution in [0.2, 0.25) is 0 Å². The number of rotatable bonds is 6. The molecule has 0 radical (unpaired) electrons. The number of oxime groups is 1. The molecule has 2 aromatic carbocycles. The van der Waals surface area contributed by atoms with Gasteiger partial charge in [-0.15, -0.1) is 0 Å². The van der Waals surface area contributed by atoms with Crippen molar-refractivity contribution in [3.05, 3.63) is 57.6 Å². The van der Waals surface area contributed by atoms with Crippen LogP contribution in [0.4, 0.5) is 5.69 Å². The molecule has 0 unspecified atom stereocenters. The van der Waals surface area contributed by atoms with E-state index in [1.54, 1.807) is 18.2 Å². The summed E-state index contributed by atoms with van der Waals surface area (Å²) in [6.07, 6.45) is 0. The highest BCUT2D eigenvalue weighted by molar-refractivity contribution is 9.10. The Morgan fingerprint density at radius 1 is 1.24 bits per heavy atom. The number of H-pyrrole nitrogens is 1. The molecule has 3 N–H and O–H groups in total. The summed E-state index contributed by atoms with van der Waals surface area (Å²) in [6, 6.07) is 10.8. The van der Waals surface area contributed by atoms with E-state index in [9.17, 15) is 9.90 Å². The van der Waals surface area contributed by atoms with Crippen molar-refractivity contribution in [3.63, 3.8) is 0 Å². The maximum atomic E-state index is 12.1. The lowest BCUT2D eigenvalue weighted by molar-refractivity contribution is 0.0600. The Kier molecular flexibility index (Phi) is 6.36. The Balaban J connectivity index is 1.50. The summed E-state index contributed by atoms with van der Waals surface area (Å²) in [5.41, 5.74) is 3.89. The fourth-order valence-corrected chi connectivity index (χ4v) is 4.61. The van der Waals surface area contributed by atoms with Crippen molar-refractivity contribution in [1.29, 1.82) is 0 Å². The minimum Gasteiger partial charge on any atom is -0.494 e. The molecule has 0 spiro atoms. The average molecular weight is 526 g/mol. The van der Waals surface area contributed by atoms with E-state index in [0.717, 1.165) is 48.1 Å². The molecule has 1 fully saturated rings. The molecular formula is C24H24BrN5O4. The van der Waals surface area contributed by atoms with Crippen LogP contribution < -0.4 is 5.32 Å². The molecule has 0 saturated carbocycles. The number of nitrogens with zero attached hydrogens (tertiary/aromatic N) is 3. The number of methoxy groups -OCH3 is 1. The summed E-state index contributed by atoms with van der Waals surface area (Å²) in [5.74, 6) is -0.462. The van der Waals surface area contributed by atoms with Crippen molar-refractivity contribution in [2.24, 2.45) is 10.1 Å². The van der Waals surface area contributed by atoms with Gasteiger partial charge in [-0.1, -0.05) is 27.2 Å². The number of hydrogen-bond acceptors (Lipinski definition) is 8. The first-order valence-electron chi connectivity index (χ1n) is 11.0. The number of esters is 1. The molecule has 3 aromatic rings. The van der Waals surface area contributed by atoms with Crippen LogP contribution in [0.5, 0.6) is 5.88 Å². The molecule has 1 aromatic heterocycles. The highest BCUT2D eigenvalue weighted by Gasteiger charge is 2.30. The van der Waals surface area contributed by atoms with Gasteiger partial charge in [0.25, 0.3) is 0 Å². The van der Waals surface area contributed by atoms with E-state index in [4.69, 9.17) is 14.6 Å². The fraction of sp³-hybridized carbons (Fsp3) is 0.292. The Morgan fingerprint density at radius 3 is 2.85 bits per heavy atom. The summed E-state index contributed by atoms with van der Waals surface area (Å²) in [7, 11) is 1.34. The van der Waals surface area contributed by atoms with Crippen molar-refractivity contribution in [2.45, 2.75) is 0 Å². The maximum absolute atomic E-state index is 12.1. The van der Waals surface area contributed by atoms with Gasteiger partial charge in [-0.2, -0.15) is 0 Å². The SMILES string of the molecule is COC(=O)c1ccc2c(c1)/C(=N\OCCN1CCNCC1)C(c1c(O)[nH]c3cc(Br)ccc13)=N2. The minimum absolute atomic E-state index is 0.0126. The Morgan fingerprint density at radius 2 is 2.06 bits per heavy atom. The molecule has 0 bridgehead atoms. The zero-order chi connectivity index (χ0) is 23.7. The summed E-state index contributed by atoms with van der Waals surface area (Å²) in [5, 5.41) is 19.3. The van der Waals surface area contributed by atoms with Gasteiger partial charge >= 0.3 is 5.97 Å². The average Bonchev–Trinajstić information content (AvgIpc) is 3.36. The molecule has 1 saturated heterocycles. The van der Waals surface area contributed by atoms with Crippen LogP contribution in [0.15, 0.2) is 51.0 Å². The van der Waals surface area contributed by atoms with E-state index in [1.807, 2.05) is 18.2 Å². The highest BCUT2D eigenvalue weighted by atomic mass is 79.9. The monoisotopic (exact) mass is 525 g/mol. The van der Waals surface area contributed by atoms with Crippen molar-refractivity contribution in [2.75, 3.05) is 46.4 Å². The smallest absolute Gasteiger partial charge is 0.337 e. The van der Waals surface area contributed by atoms with Gasteiger partial charge < -0.3 is 25.0 Å². The molecule has 0 aliphatic carbocycles. The number of hydrogen-bond donors (Lipinski definition) is 3. The first kappa shape index (κ1) is 22.6. The Labute approximate surface area is 204 Å². The van der Waals surface area contributed by atoms with Gasteiger partial charge in [0.2, 0.25) is 0 Å². The first-order valence-corrected chi connectivity index (χ1v) is 11.8. The quantitative estimate of drug-likeness (QED) is 0.259. The van der Waals surface area contributed by atoms with Gasteiger partial charge in [0.1, 0.15) is 18.0 Å². The molecule has 34 heavy (non-hydrogen) atoms.